The molecule has 0 radical (unpaired) electrons. The van der Waals surface area contributed by atoms with Crippen LogP contribution in [0.5, 0.6) is 5.75 Å². The third kappa shape index (κ3) is 1.56. The average molecular weight is 224 g/mol. The van der Waals surface area contributed by atoms with E-state index < -0.39 is 0 Å². The van der Waals surface area contributed by atoms with E-state index in [0.717, 1.165) is 22.2 Å². The molecule has 0 bridgehead atoms. The summed E-state index contributed by atoms with van der Waals surface area (Å²) in [6.07, 6.45) is 0. The fourth-order valence-corrected chi connectivity index (χ4v) is 2.08. The predicted molar refractivity (Wildman–Crippen MR) is 67.8 cm³/mol. The molecule has 0 aliphatic rings. The van der Waals surface area contributed by atoms with Crippen LogP contribution in [0.25, 0.3) is 22.2 Å². The van der Waals surface area contributed by atoms with E-state index >= 15 is 0 Å². The summed E-state index contributed by atoms with van der Waals surface area (Å²) in [4.78, 5) is 0. The minimum Gasteiger partial charge on any atom is -0.508 e. The van der Waals surface area contributed by atoms with Crippen LogP contribution in [0.15, 0.2) is 48.5 Å². The van der Waals surface area contributed by atoms with Crippen LogP contribution in [0.3, 0.4) is 0 Å². The van der Waals surface area contributed by atoms with Crippen molar-refractivity contribution in [2.45, 2.75) is 0 Å². The lowest BCUT2D eigenvalue weighted by molar-refractivity contribution is 0.475. The Morgan fingerprint density at radius 3 is 2.71 bits per heavy atom. The van der Waals surface area contributed by atoms with Crippen LogP contribution in [0.4, 0.5) is 0 Å². The Morgan fingerprint density at radius 1 is 1.06 bits per heavy atom. The topological polar surface area (TPSA) is 38.0 Å². The first-order valence-electron chi connectivity index (χ1n) is 5.47. The standard InChI is InChI=1S/C14H12N2O/c1-16-13-8-3-2-7-12(13)14(15-16)10-5-4-6-11(17)9-10/h2-9,17H,1H3. The zero-order valence-electron chi connectivity index (χ0n) is 9.46. The van der Waals surface area contributed by atoms with Crippen molar-refractivity contribution in [2.75, 3.05) is 0 Å². The largest absolute Gasteiger partial charge is 0.508 e. The Hall–Kier alpha value is -2.29. The lowest BCUT2D eigenvalue weighted by Gasteiger charge is -1.98. The van der Waals surface area contributed by atoms with Crippen molar-refractivity contribution >= 4 is 10.9 Å². The number of phenols is 1. The van der Waals surface area contributed by atoms with Gasteiger partial charge in [0.05, 0.1) is 5.52 Å². The molecule has 0 spiro atoms. The van der Waals surface area contributed by atoms with Gasteiger partial charge < -0.3 is 5.11 Å². The molecule has 3 aromatic rings. The fraction of sp³-hybridized carbons (Fsp3) is 0.0714. The number of para-hydroxylation sites is 1. The number of fused-ring (bicyclic) bond motifs is 1. The first-order valence-corrected chi connectivity index (χ1v) is 5.47. The molecular formula is C14H12N2O. The number of rotatable bonds is 1. The third-order valence-corrected chi connectivity index (χ3v) is 2.88. The molecule has 3 rings (SSSR count). The highest BCUT2D eigenvalue weighted by Crippen LogP contribution is 2.28. The summed E-state index contributed by atoms with van der Waals surface area (Å²) in [6, 6.07) is 15.2. The third-order valence-electron chi connectivity index (χ3n) is 2.88. The monoisotopic (exact) mass is 224 g/mol. The van der Waals surface area contributed by atoms with Crippen LogP contribution in [0.2, 0.25) is 0 Å². The van der Waals surface area contributed by atoms with Crippen LogP contribution in [0.1, 0.15) is 0 Å². The molecule has 0 fully saturated rings. The van der Waals surface area contributed by atoms with Gasteiger partial charge in [-0.05, 0) is 18.2 Å². The lowest BCUT2D eigenvalue weighted by Crippen LogP contribution is -1.89. The summed E-state index contributed by atoms with van der Waals surface area (Å²) in [6.45, 7) is 0. The number of aryl methyl sites for hydroxylation is 1. The molecule has 1 aromatic heterocycles. The van der Waals surface area contributed by atoms with Crippen molar-refractivity contribution in [2.24, 2.45) is 7.05 Å². The molecule has 0 saturated heterocycles. The highest BCUT2D eigenvalue weighted by molar-refractivity contribution is 5.93. The summed E-state index contributed by atoms with van der Waals surface area (Å²) in [5, 5.41) is 15.1. The molecule has 84 valence electrons. The summed E-state index contributed by atoms with van der Waals surface area (Å²) in [7, 11) is 1.93. The van der Waals surface area contributed by atoms with Crippen molar-refractivity contribution < 1.29 is 5.11 Å². The smallest absolute Gasteiger partial charge is 0.116 e. The SMILES string of the molecule is Cn1nc(-c2cccc(O)c2)c2ccccc21. The second-order valence-electron chi connectivity index (χ2n) is 4.04. The van der Waals surface area contributed by atoms with E-state index in [2.05, 4.69) is 5.10 Å². The van der Waals surface area contributed by atoms with Crippen LogP contribution in [0, 0.1) is 0 Å². The van der Waals surface area contributed by atoms with Crippen LogP contribution in [-0.4, -0.2) is 14.9 Å². The van der Waals surface area contributed by atoms with E-state index in [-0.39, 0.29) is 5.75 Å². The minimum absolute atomic E-state index is 0.261. The average Bonchev–Trinajstić information content (AvgIpc) is 2.68. The number of aromatic hydroxyl groups is 1. The quantitative estimate of drug-likeness (QED) is 0.690. The molecule has 3 heteroatoms. The number of nitrogens with zero attached hydrogens (tertiary/aromatic N) is 2. The molecular weight excluding hydrogens is 212 g/mol. The second kappa shape index (κ2) is 3.63. The zero-order valence-corrected chi connectivity index (χ0v) is 9.46. The molecule has 1 N–H and O–H groups in total. The summed E-state index contributed by atoms with van der Waals surface area (Å²) in [5.74, 6) is 0.261. The Labute approximate surface area is 98.9 Å². The summed E-state index contributed by atoms with van der Waals surface area (Å²) < 4.78 is 1.86. The van der Waals surface area contributed by atoms with Gasteiger partial charge in [0.2, 0.25) is 0 Å². The Kier molecular flexibility index (Phi) is 2.11. The van der Waals surface area contributed by atoms with Gasteiger partial charge in [-0.2, -0.15) is 5.10 Å². The summed E-state index contributed by atoms with van der Waals surface area (Å²) >= 11 is 0. The first kappa shape index (κ1) is 9.90. The highest BCUT2D eigenvalue weighted by atomic mass is 16.3. The maximum Gasteiger partial charge on any atom is 0.116 e. The van der Waals surface area contributed by atoms with Gasteiger partial charge in [0.25, 0.3) is 0 Å². The van der Waals surface area contributed by atoms with Gasteiger partial charge in [-0.3, -0.25) is 4.68 Å². The number of hydrogen-bond donors (Lipinski definition) is 1. The van der Waals surface area contributed by atoms with Crippen LogP contribution in [-0.2, 0) is 7.05 Å². The number of aromatic nitrogens is 2. The molecule has 0 aliphatic heterocycles. The van der Waals surface area contributed by atoms with Crippen LogP contribution >= 0.6 is 0 Å². The molecule has 0 aliphatic carbocycles. The van der Waals surface area contributed by atoms with Crippen molar-refractivity contribution in [1.29, 1.82) is 0 Å². The van der Waals surface area contributed by atoms with E-state index in [1.54, 1.807) is 12.1 Å². The Bertz CT molecular complexity index is 686. The van der Waals surface area contributed by atoms with Crippen LogP contribution < -0.4 is 0 Å². The van der Waals surface area contributed by atoms with E-state index in [1.165, 1.54) is 0 Å². The summed E-state index contributed by atoms with van der Waals surface area (Å²) in [5.41, 5.74) is 2.92. The molecule has 1 heterocycles. The molecule has 0 amide bonds. The molecule has 3 nitrogen and oxygen atoms in total. The van der Waals surface area contributed by atoms with Crippen molar-refractivity contribution in [3.63, 3.8) is 0 Å². The van der Waals surface area contributed by atoms with Gasteiger partial charge >= 0.3 is 0 Å². The van der Waals surface area contributed by atoms with Gasteiger partial charge in [0, 0.05) is 18.0 Å². The van der Waals surface area contributed by atoms with Gasteiger partial charge in [0.1, 0.15) is 11.4 Å². The van der Waals surface area contributed by atoms with E-state index in [1.807, 2.05) is 48.1 Å². The normalized spacial score (nSPS) is 10.9. The Balaban J connectivity index is 2.31. The fourth-order valence-electron chi connectivity index (χ4n) is 2.08. The molecule has 0 saturated carbocycles. The second-order valence-corrected chi connectivity index (χ2v) is 4.04. The molecule has 0 unspecified atom stereocenters. The van der Waals surface area contributed by atoms with E-state index in [4.69, 9.17) is 0 Å². The van der Waals surface area contributed by atoms with Gasteiger partial charge in [0.15, 0.2) is 0 Å². The first-order chi connectivity index (χ1) is 8.25. The van der Waals surface area contributed by atoms with Crippen molar-refractivity contribution in [3.05, 3.63) is 48.5 Å². The zero-order chi connectivity index (χ0) is 11.8. The molecule has 2 aromatic carbocycles. The molecule has 17 heavy (non-hydrogen) atoms. The number of phenolic OH excluding ortho intramolecular Hbond substituents is 1. The Morgan fingerprint density at radius 2 is 1.88 bits per heavy atom. The van der Waals surface area contributed by atoms with Gasteiger partial charge in [-0.1, -0.05) is 30.3 Å². The number of hydrogen-bond acceptors (Lipinski definition) is 2. The number of benzene rings is 2. The lowest BCUT2D eigenvalue weighted by atomic mass is 10.1. The maximum absolute atomic E-state index is 9.52. The maximum atomic E-state index is 9.52. The van der Waals surface area contributed by atoms with Gasteiger partial charge in [-0.15, -0.1) is 0 Å². The minimum atomic E-state index is 0.261. The van der Waals surface area contributed by atoms with Crippen molar-refractivity contribution in [1.82, 2.24) is 9.78 Å². The van der Waals surface area contributed by atoms with Gasteiger partial charge in [-0.25, -0.2) is 0 Å². The predicted octanol–water partition coefficient (Wildman–Crippen LogP) is 2.95. The molecule has 0 atom stereocenters. The van der Waals surface area contributed by atoms with E-state index in [9.17, 15) is 5.11 Å². The highest BCUT2D eigenvalue weighted by Gasteiger charge is 2.09. The van der Waals surface area contributed by atoms with Crippen molar-refractivity contribution in [3.8, 4) is 17.0 Å². The van der Waals surface area contributed by atoms with E-state index in [0.29, 0.717) is 0 Å².